The average Bonchev–Trinajstić information content (AvgIpc) is 3.19. The number of thioether (sulfide) groups is 1. The summed E-state index contributed by atoms with van der Waals surface area (Å²) in [5, 5.41) is 9.83. The number of hydrogen-bond acceptors (Lipinski definition) is 7. The third kappa shape index (κ3) is 5.88. The lowest BCUT2D eigenvalue weighted by Gasteiger charge is -2.36. The summed E-state index contributed by atoms with van der Waals surface area (Å²) in [7, 11) is 1.63. The van der Waals surface area contributed by atoms with Gasteiger partial charge in [-0.2, -0.15) is 5.26 Å². The SMILES string of the molecule is CCn1c(N2CCC(Cc3ccccc3)CC2)c(/C=C2\SC(=S)N(CCCOC)C2=O)c(C)c(C#N)c1=O. The molecule has 0 bridgehead atoms. The van der Waals surface area contributed by atoms with Crippen molar-refractivity contribution in [3.8, 4) is 6.07 Å². The van der Waals surface area contributed by atoms with Crippen molar-refractivity contribution < 1.29 is 9.53 Å². The molecule has 2 fully saturated rings. The molecule has 0 aliphatic carbocycles. The highest BCUT2D eigenvalue weighted by molar-refractivity contribution is 8.26. The normalized spacial score (nSPS) is 17.5. The zero-order valence-electron chi connectivity index (χ0n) is 22.2. The number of hydrogen-bond donors (Lipinski definition) is 0. The molecule has 0 N–H and O–H groups in total. The molecule has 1 amide bonds. The number of nitriles is 1. The summed E-state index contributed by atoms with van der Waals surface area (Å²) in [5.74, 6) is 1.22. The highest BCUT2D eigenvalue weighted by Crippen LogP contribution is 2.37. The number of nitrogens with zero attached hydrogens (tertiary/aromatic N) is 4. The molecule has 2 aliphatic heterocycles. The smallest absolute Gasteiger partial charge is 0.270 e. The van der Waals surface area contributed by atoms with Gasteiger partial charge in [-0.25, -0.2) is 0 Å². The molecule has 1 aromatic carbocycles. The van der Waals surface area contributed by atoms with E-state index in [2.05, 4.69) is 35.2 Å². The maximum atomic E-state index is 13.3. The third-order valence-electron chi connectivity index (χ3n) is 7.32. The number of amides is 1. The Labute approximate surface area is 234 Å². The van der Waals surface area contributed by atoms with Crippen molar-refractivity contribution in [1.29, 1.82) is 5.26 Å². The number of pyridine rings is 1. The van der Waals surface area contributed by atoms with E-state index < -0.39 is 0 Å². The van der Waals surface area contributed by atoms with E-state index in [1.807, 2.05) is 19.1 Å². The van der Waals surface area contributed by atoms with Gasteiger partial charge in [-0.1, -0.05) is 54.3 Å². The van der Waals surface area contributed by atoms with Crippen molar-refractivity contribution in [3.63, 3.8) is 0 Å². The largest absolute Gasteiger partial charge is 0.385 e. The Hall–Kier alpha value is -2.93. The molecule has 2 aliphatic rings. The second-order valence-corrected chi connectivity index (χ2v) is 11.4. The molecular formula is C29H34N4O3S2. The van der Waals surface area contributed by atoms with Gasteiger partial charge in [0.25, 0.3) is 11.5 Å². The van der Waals surface area contributed by atoms with E-state index in [9.17, 15) is 14.9 Å². The third-order valence-corrected chi connectivity index (χ3v) is 8.70. The van der Waals surface area contributed by atoms with Gasteiger partial charge in [-0.15, -0.1) is 0 Å². The van der Waals surface area contributed by atoms with Gasteiger partial charge in [0.15, 0.2) is 0 Å². The second kappa shape index (κ2) is 12.7. The summed E-state index contributed by atoms with van der Waals surface area (Å²) in [6, 6.07) is 12.7. The number of rotatable bonds is 9. The Balaban J connectivity index is 1.68. The summed E-state index contributed by atoms with van der Waals surface area (Å²) in [6.07, 6.45) is 5.58. The first-order valence-electron chi connectivity index (χ1n) is 13.1. The molecule has 2 aromatic rings. The summed E-state index contributed by atoms with van der Waals surface area (Å²) in [4.78, 5) is 31.0. The molecule has 1 aromatic heterocycles. The Morgan fingerprint density at radius 3 is 2.55 bits per heavy atom. The minimum Gasteiger partial charge on any atom is -0.385 e. The van der Waals surface area contributed by atoms with Crippen LogP contribution in [-0.2, 0) is 22.5 Å². The van der Waals surface area contributed by atoms with Crippen LogP contribution in [0.1, 0.15) is 48.4 Å². The standard InChI is InChI=1S/C29H34N4O3S2/c1-4-32-26(31-14-11-22(12-15-31)17-21-9-6-5-7-10-21)23(20(2)24(19-30)27(32)34)18-25-28(35)33(29(37)38-25)13-8-16-36-3/h5-7,9-10,18,22H,4,8,11-17H2,1-3H3/b25-18-. The molecule has 0 radical (unpaired) electrons. The first-order valence-corrected chi connectivity index (χ1v) is 14.3. The Morgan fingerprint density at radius 2 is 1.92 bits per heavy atom. The highest BCUT2D eigenvalue weighted by Gasteiger charge is 2.33. The molecule has 7 nitrogen and oxygen atoms in total. The predicted molar refractivity (Wildman–Crippen MR) is 157 cm³/mol. The molecule has 2 saturated heterocycles. The van der Waals surface area contributed by atoms with Crippen molar-refractivity contribution in [2.75, 3.05) is 38.3 Å². The van der Waals surface area contributed by atoms with Gasteiger partial charge >= 0.3 is 0 Å². The number of methoxy groups -OCH3 is 1. The van der Waals surface area contributed by atoms with Crippen LogP contribution in [-0.4, -0.2) is 53.0 Å². The molecular weight excluding hydrogens is 516 g/mol. The number of ether oxygens (including phenoxy) is 1. The monoisotopic (exact) mass is 550 g/mol. The Bertz CT molecular complexity index is 1320. The van der Waals surface area contributed by atoms with Crippen molar-refractivity contribution in [3.05, 3.63) is 67.8 Å². The van der Waals surface area contributed by atoms with E-state index in [1.165, 1.54) is 17.3 Å². The lowest BCUT2D eigenvalue weighted by molar-refractivity contribution is -0.122. The van der Waals surface area contributed by atoms with E-state index in [1.54, 1.807) is 23.5 Å². The maximum absolute atomic E-state index is 13.3. The number of aromatic nitrogens is 1. The van der Waals surface area contributed by atoms with Crippen LogP contribution in [0.5, 0.6) is 0 Å². The van der Waals surface area contributed by atoms with E-state index in [0.29, 0.717) is 46.8 Å². The van der Waals surface area contributed by atoms with Crippen molar-refractivity contribution >= 4 is 46.1 Å². The first kappa shape index (κ1) is 28.1. The van der Waals surface area contributed by atoms with Crippen LogP contribution in [0.2, 0.25) is 0 Å². The molecule has 0 unspecified atom stereocenters. The molecule has 3 heterocycles. The van der Waals surface area contributed by atoms with E-state index in [-0.39, 0.29) is 17.0 Å². The van der Waals surface area contributed by atoms with Crippen LogP contribution in [0.15, 0.2) is 40.0 Å². The lowest BCUT2D eigenvalue weighted by Crippen LogP contribution is -2.39. The average molecular weight is 551 g/mol. The maximum Gasteiger partial charge on any atom is 0.270 e. The van der Waals surface area contributed by atoms with Crippen LogP contribution in [0.4, 0.5) is 5.82 Å². The summed E-state index contributed by atoms with van der Waals surface area (Å²) >= 11 is 6.78. The fourth-order valence-corrected chi connectivity index (χ4v) is 6.56. The quantitative estimate of drug-likeness (QED) is 0.253. The summed E-state index contributed by atoms with van der Waals surface area (Å²) in [5.41, 5.74) is 2.54. The number of piperidine rings is 1. The van der Waals surface area contributed by atoms with Gasteiger partial charge in [0.05, 0.1) is 4.91 Å². The van der Waals surface area contributed by atoms with Gasteiger partial charge in [0.1, 0.15) is 21.8 Å². The zero-order valence-corrected chi connectivity index (χ0v) is 23.9. The minimum absolute atomic E-state index is 0.122. The van der Waals surface area contributed by atoms with Crippen molar-refractivity contribution in [2.45, 2.75) is 46.1 Å². The Morgan fingerprint density at radius 1 is 1.21 bits per heavy atom. The topological polar surface area (TPSA) is 78.6 Å². The molecule has 38 heavy (non-hydrogen) atoms. The van der Waals surface area contributed by atoms with Crippen LogP contribution in [0, 0.1) is 24.2 Å². The lowest BCUT2D eigenvalue weighted by atomic mass is 9.90. The molecule has 0 spiro atoms. The molecule has 9 heteroatoms. The van der Waals surface area contributed by atoms with Crippen molar-refractivity contribution in [1.82, 2.24) is 9.47 Å². The molecule has 0 saturated carbocycles. The van der Waals surface area contributed by atoms with E-state index in [4.69, 9.17) is 17.0 Å². The zero-order chi connectivity index (χ0) is 27.2. The first-order chi connectivity index (χ1) is 18.4. The fourth-order valence-electron chi connectivity index (χ4n) is 5.27. The van der Waals surface area contributed by atoms with Crippen LogP contribution in [0.25, 0.3) is 6.08 Å². The van der Waals surface area contributed by atoms with Crippen LogP contribution < -0.4 is 10.5 Å². The van der Waals surface area contributed by atoms with E-state index >= 15 is 0 Å². The van der Waals surface area contributed by atoms with E-state index in [0.717, 1.165) is 43.7 Å². The summed E-state index contributed by atoms with van der Waals surface area (Å²) < 4.78 is 7.33. The van der Waals surface area contributed by atoms with Crippen LogP contribution in [0.3, 0.4) is 0 Å². The molecule has 4 rings (SSSR count). The summed E-state index contributed by atoms with van der Waals surface area (Å²) in [6.45, 7) is 6.81. The van der Waals surface area contributed by atoms with Crippen LogP contribution >= 0.6 is 24.0 Å². The minimum atomic E-state index is -0.279. The number of carbonyl (C=O) groups is 1. The van der Waals surface area contributed by atoms with Gasteiger partial charge in [0.2, 0.25) is 0 Å². The predicted octanol–water partition coefficient (Wildman–Crippen LogP) is 4.75. The molecule has 200 valence electrons. The number of carbonyl (C=O) groups excluding carboxylic acids is 1. The fraction of sp³-hybridized carbons (Fsp3) is 0.448. The number of thiocarbonyl (C=S) groups is 1. The van der Waals surface area contributed by atoms with Crippen molar-refractivity contribution in [2.24, 2.45) is 5.92 Å². The number of benzene rings is 1. The highest BCUT2D eigenvalue weighted by atomic mass is 32.2. The van der Waals surface area contributed by atoms with Gasteiger partial charge in [-0.3, -0.25) is 19.1 Å². The second-order valence-electron chi connectivity index (χ2n) is 9.70. The van der Waals surface area contributed by atoms with Gasteiger partial charge in [-0.05, 0) is 62.7 Å². The molecule has 0 atom stereocenters. The Kier molecular flexibility index (Phi) is 9.42. The number of anilines is 1. The van der Waals surface area contributed by atoms with Gasteiger partial charge < -0.3 is 9.64 Å². The van der Waals surface area contributed by atoms with Gasteiger partial charge in [0, 0.05) is 45.5 Å².